The number of amides is 1. The predicted octanol–water partition coefficient (Wildman–Crippen LogP) is 3.89. The van der Waals surface area contributed by atoms with E-state index in [9.17, 15) is 18.0 Å². The number of hydrogen-bond acceptors (Lipinski definition) is 6. The largest absolute Gasteiger partial charge is 0.451 e. The fourth-order valence-corrected chi connectivity index (χ4v) is 3.96. The average Bonchev–Trinajstić information content (AvgIpc) is 3.08. The van der Waals surface area contributed by atoms with Gasteiger partial charge in [-0.05, 0) is 30.7 Å². The highest BCUT2D eigenvalue weighted by Crippen LogP contribution is 2.27. The third kappa shape index (κ3) is 5.58. The van der Waals surface area contributed by atoms with E-state index in [1.807, 2.05) is 0 Å². The lowest BCUT2D eigenvalue weighted by atomic mass is 10.1. The Kier molecular flexibility index (Phi) is 7.06. The second kappa shape index (κ2) is 9.98. The van der Waals surface area contributed by atoms with Crippen LogP contribution in [-0.2, 0) is 10.9 Å². The first kappa shape index (κ1) is 23.3. The van der Waals surface area contributed by atoms with E-state index < -0.39 is 18.0 Å². The van der Waals surface area contributed by atoms with Crippen LogP contribution in [0.3, 0.4) is 0 Å². The molecule has 3 aromatic rings. The fourth-order valence-electron chi connectivity index (χ4n) is 3.80. The molecule has 0 radical (unpaired) electrons. The van der Waals surface area contributed by atoms with Crippen molar-refractivity contribution in [2.75, 3.05) is 32.8 Å². The topological polar surface area (TPSA) is 80.2 Å². The minimum atomic E-state index is -4.62. The van der Waals surface area contributed by atoms with E-state index in [2.05, 4.69) is 25.2 Å². The van der Waals surface area contributed by atoms with Crippen LogP contribution in [0, 0.1) is 0 Å². The van der Waals surface area contributed by atoms with Crippen molar-refractivity contribution in [2.24, 2.45) is 0 Å². The molecule has 1 aromatic carbocycles. The molecule has 174 valence electrons. The standard InChI is InChI=1S/C22H21ClF3N5O2/c23-19-6-5-15-16(3-1-4-17(15)30-19)20(32)27-13-18(31-7-2-9-33-10-8-31)14-11-28-21(29-12-14)22(24,25)26/h1,3-6,11-12,18H,2,7-10,13H2,(H,27,32). The highest BCUT2D eigenvalue weighted by atomic mass is 35.5. The average molecular weight is 480 g/mol. The van der Waals surface area contributed by atoms with E-state index in [4.69, 9.17) is 16.3 Å². The Bertz CT molecular complexity index is 1120. The van der Waals surface area contributed by atoms with Crippen molar-refractivity contribution < 1.29 is 22.7 Å². The number of aromatic nitrogens is 3. The van der Waals surface area contributed by atoms with Crippen molar-refractivity contribution in [1.29, 1.82) is 0 Å². The van der Waals surface area contributed by atoms with Gasteiger partial charge in [0.2, 0.25) is 5.82 Å². The number of nitrogens with one attached hydrogen (secondary N) is 1. The molecule has 1 aliphatic heterocycles. The van der Waals surface area contributed by atoms with Crippen molar-refractivity contribution >= 4 is 28.4 Å². The van der Waals surface area contributed by atoms with Crippen LogP contribution in [-0.4, -0.2) is 58.6 Å². The van der Waals surface area contributed by atoms with Crippen molar-refractivity contribution in [3.8, 4) is 0 Å². The van der Waals surface area contributed by atoms with Crippen LogP contribution in [0.5, 0.6) is 0 Å². The van der Waals surface area contributed by atoms with E-state index in [1.165, 1.54) is 12.4 Å². The van der Waals surface area contributed by atoms with E-state index in [0.29, 0.717) is 53.5 Å². The lowest BCUT2D eigenvalue weighted by molar-refractivity contribution is -0.145. The second-order valence-corrected chi connectivity index (χ2v) is 7.96. The Morgan fingerprint density at radius 3 is 2.70 bits per heavy atom. The lowest BCUT2D eigenvalue weighted by Gasteiger charge is -2.30. The minimum absolute atomic E-state index is 0.158. The lowest BCUT2D eigenvalue weighted by Crippen LogP contribution is -2.39. The van der Waals surface area contributed by atoms with Crippen molar-refractivity contribution in [3.63, 3.8) is 0 Å². The third-order valence-electron chi connectivity index (χ3n) is 5.41. The first-order valence-corrected chi connectivity index (χ1v) is 10.7. The number of ether oxygens (including phenoxy) is 1. The van der Waals surface area contributed by atoms with Gasteiger partial charge < -0.3 is 10.1 Å². The molecule has 1 N–H and O–H groups in total. The smallest absolute Gasteiger partial charge is 0.380 e. The molecule has 1 atom stereocenters. The molecule has 1 amide bonds. The van der Waals surface area contributed by atoms with E-state index in [1.54, 1.807) is 30.3 Å². The zero-order chi connectivity index (χ0) is 23.4. The van der Waals surface area contributed by atoms with Crippen LogP contribution in [0.2, 0.25) is 5.15 Å². The molecule has 0 saturated carbocycles. The number of carbonyl (C=O) groups is 1. The molecule has 1 aliphatic rings. The van der Waals surface area contributed by atoms with Crippen molar-refractivity contribution in [3.05, 3.63) is 64.8 Å². The zero-order valence-electron chi connectivity index (χ0n) is 17.5. The highest BCUT2D eigenvalue weighted by Gasteiger charge is 2.35. The SMILES string of the molecule is O=C(NCC(c1cnc(C(F)(F)F)nc1)N1CCCOCC1)c1cccc2nc(Cl)ccc12. The molecule has 2 aromatic heterocycles. The number of benzene rings is 1. The molecule has 1 unspecified atom stereocenters. The number of fused-ring (bicyclic) bond motifs is 1. The summed E-state index contributed by atoms with van der Waals surface area (Å²) in [5.41, 5.74) is 1.50. The molecule has 33 heavy (non-hydrogen) atoms. The quantitative estimate of drug-likeness (QED) is 0.559. The Labute approximate surface area is 192 Å². The fraction of sp³-hybridized carbons (Fsp3) is 0.364. The summed E-state index contributed by atoms with van der Waals surface area (Å²) >= 11 is 5.95. The summed E-state index contributed by atoms with van der Waals surface area (Å²) in [6, 6.07) is 8.09. The van der Waals surface area contributed by atoms with Crippen LogP contribution >= 0.6 is 11.6 Å². The monoisotopic (exact) mass is 479 g/mol. The summed E-state index contributed by atoms with van der Waals surface area (Å²) in [4.78, 5) is 26.3. The summed E-state index contributed by atoms with van der Waals surface area (Å²) in [6.07, 6.45) is -1.52. The van der Waals surface area contributed by atoms with Gasteiger partial charge in [-0.1, -0.05) is 17.7 Å². The molecular weight excluding hydrogens is 459 g/mol. The van der Waals surface area contributed by atoms with Gasteiger partial charge in [0.1, 0.15) is 5.15 Å². The first-order valence-electron chi connectivity index (χ1n) is 10.4. The minimum Gasteiger partial charge on any atom is -0.380 e. The summed E-state index contributed by atoms with van der Waals surface area (Å²) in [5, 5.41) is 3.88. The molecule has 3 heterocycles. The Balaban J connectivity index is 1.57. The van der Waals surface area contributed by atoms with E-state index in [0.717, 1.165) is 6.42 Å². The van der Waals surface area contributed by atoms with E-state index in [-0.39, 0.29) is 12.5 Å². The van der Waals surface area contributed by atoms with Crippen molar-refractivity contribution in [2.45, 2.75) is 18.6 Å². The number of alkyl halides is 3. The van der Waals surface area contributed by atoms with Gasteiger partial charge in [-0.3, -0.25) is 9.69 Å². The maximum Gasteiger partial charge on any atom is 0.451 e. The van der Waals surface area contributed by atoms with E-state index >= 15 is 0 Å². The maximum absolute atomic E-state index is 13.0. The number of carbonyl (C=O) groups excluding carboxylic acids is 1. The van der Waals surface area contributed by atoms with Gasteiger partial charge in [-0.2, -0.15) is 13.2 Å². The van der Waals surface area contributed by atoms with Crippen LogP contribution in [0.15, 0.2) is 42.7 Å². The molecular formula is C22H21ClF3N5O2. The van der Waals surface area contributed by atoms with Gasteiger partial charge >= 0.3 is 6.18 Å². The van der Waals surface area contributed by atoms with Gasteiger partial charge in [0, 0.05) is 55.1 Å². The van der Waals surface area contributed by atoms with Crippen LogP contribution in [0.25, 0.3) is 10.9 Å². The normalized spacial score (nSPS) is 16.4. The third-order valence-corrected chi connectivity index (χ3v) is 5.62. The Hall–Kier alpha value is -2.82. The molecule has 1 fully saturated rings. The summed E-state index contributed by atoms with van der Waals surface area (Å²) < 4.78 is 44.2. The van der Waals surface area contributed by atoms with Gasteiger partial charge in [0.25, 0.3) is 5.91 Å². The molecule has 4 rings (SSSR count). The zero-order valence-corrected chi connectivity index (χ0v) is 18.2. The molecule has 1 saturated heterocycles. The van der Waals surface area contributed by atoms with Crippen molar-refractivity contribution in [1.82, 2.24) is 25.2 Å². The Morgan fingerprint density at radius 2 is 1.94 bits per heavy atom. The molecule has 0 spiro atoms. The first-order chi connectivity index (χ1) is 15.8. The van der Waals surface area contributed by atoms with Crippen LogP contribution < -0.4 is 5.32 Å². The highest BCUT2D eigenvalue weighted by molar-refractivity contribution is 6.29. The number of hydrogen-bond donors (Lipinski definition) is 1. The maximum atomic E-state index is 13.0. The summed E-state index contributed by atoms with van der Waals surface area (Å²) in [5.74, 6) is -1.52. The van der Waals surface area contributed by atoms with Crippen LogP contribution in [0.4, 0.5) is 13.2 Å². The van der Waals surface area contributed by atoms with Gasteiger partial charge in [0.05, 0.1) is 18.2 Å². The predicted molar refractivity (Wildman–Crippen MR) is 116 cm³/mol. The molecule has 7 nitrogen and oxygen atoms in total. The van der Waals surface area contributed by atoms with Crippen LogP contribution in [0.1, 0.15) is 34.2 Å². The van der Waals surface area contributed by atoms with Gasteiger partial charge in [-0.25, -0.2) is 15.0 Å². The number of nitrogens with zero attached hydrogens (tertiary/aromatic N) is 4. The molecule has 0 aliphatic carbocycles. The number of rotatable bonds is 5. The second-order valence-electron chi connectivity index (χ2n) is 7.57. The molecule has 0 bridgehead atoms. The Morgan fingerprint density at radius 1 is 1.15 bits per heavy atom. The summed E-state index contributed by atoms with van der Waals surface area (Å²) in [7, 11) is 0. The number of halogens is 4. The summed E-state index contributed by atoms with van der Waals surface area (Å²) in [6.45, 7) is 2.48. The number of pyridine rings is 1. The molecule has 11 heteroatoms. The van der Waals surface area contributed by atoms with Gasteiger partial charge in [0.15, 0.2) is 0 Å². The van der Waals surface area contributed by atoms with Gasteiger partial charge in [-0.15, -0.1) is 0 Å².